The number of aromatic nitrogens is 1. The Morgan fingerprint density at radius 2 is 2.28 bits per heavy atom. The Kier molecular flexibility index (Phi) is 6.39. The van der Waals surface area contributed by atoms with Crippen LogP contribution in [0.1, 0.15) is 30.1 Å². The number of nitrogens with one attached hydrogen (secondary N) is 1. The molecule has 1 unspecified atom stereocenters. The molecule has 2 N–H and O–H groups in total. The zero-order valence-electron chi connectivity index (χ0n) is 10.1. The van der Waals surface area contributed by atoms with Crippen LogP contribution in [0.15, 0.2) is 12.3 Å². The molecule has 0 aliphatic heterocycles. The first kappa shape index (κ1) is 15.2. The number of hydrogen-bond donors (Lipinski definition) is 2. The van der Waals surface area contributed by atoms with Gasteiger partial charge >= 0.3 is 0 Å². The zero-order valence-corrected chi connectivity index (χ0v) is 11.6. The molecule has 0 spiro atoms. The summed E-state index contributed by atoms with van der Waals surface area (Å²) in [4.78, 5) is 15.6. The standard InChI is InChI=1S/C12H16Cl2N2O2/c1-8(7-17)3-2-4-15-12(18)9-5-11(14)16-6-10(9)13/h5-6,8,17H,2-4,7H2,1H3,(H,15,18). The predicted octanol–water partition coefficient (Wildman–Crippen LogP) is 2.53. The van der Waals surface area contributed by atoms with Gasteiger partial charge in [0.25, 0.3) is 5.91 Å². The third-order valence-electron chi connectivity index (χ3n) is 2.54. The molecular weight excluding hydrogens is 275 g/mol. The summed E-state index contributed by atoms with van der Waals surface area (Å²) in [5.41, 5.74) is 0.326. The highest BCUT2D eigenvalue weighted by molar-refractivity contribution is 6.35. The van der Waals surface area contributed by atoms with Crippen LogP contribution in [-0.4, -0.2) is 29.1 Å². The second-order valence-corrected chi connectivity index (χ2v) is 4.97. The lowest BCUT2D eigenvalue weighted by Gasteiger charge is -2.09. The smallest absolute Gasteiger partial charge is 0.252 e. The average Bonchev–Trinajstić information content (AvgIpc) is 2.36. The van der Waals surface area contributed by atoms with Crippen molar-refractivity contribution in [1.29, 1.82) is 0 Å². The summed E-state index contributed by atoms with van der Waals surface area (Å²) >= 11 is 11.6. The van der Waals surface area contributed by atoms with E-state index in [-0.39, 0.29) is 28.6 Å². The van der Waals surface area contributed by atoms with Gasteiger partial charge in [-0.25, -0.2) is 4.98 Å². The Labute approximate surface area is 116 Å². The van der Waals surface area contributed by atoms with E-state index in [0.29, 0.717) is 12.1 Å². The number of aliphatic hydroxyl groups excluding tert-OH is 1. The van der Waals surface area contributed by atoms with Crippen LogP contribution in [0.4, 0.5) is 0 Å². The minimum atomic E-state index is -0.263. The predicted molar refractivity (Wildman–Crippen MR) is 72.1 cm³/mol. The van der Waals surface area contributed by atoms with Crippen LogP contribution in [0.25, 0.3) is 0 Å². The largest absolute Gasteiger partial charge is 0.396 e. The number of rotatable bonds is 6. The van der Waals surface area contributed by atoms with Crippen LogP contribution >= 0.6 is 23.2 Å². The number of halogens is 2. The SMILES string of the molecule is CC(CO)CCCNC(=O)c1cc(Cl)ncc1Cl. The summed E-state index contributed by atoms with van der Waals surface area (Å²) < 4.78 is 0. The van der Waals surface area contributed by atoms with Crippen LogP contribution in [0.3, 0.4) is 0 Å². The molecule has 0 aromatic carbocycles. The number of pyridine rings is 1. The average molecular weight is 291 g/mol. The van der Waals surface area contributed by atoms with Gasteiger partial charge in [-0.05, 0) is 24.8 Å². The van der Waals surface area contributed by atoms with Gasteiger partial charge in [-0.15, -0.1) is 0 Å². The molecule has 0 aliphatic carbocycles. The van der Waals surface area contributed by atoms with Crippen molar-refractivity contribution < 1.29 is 9.90 Å². The molecule has 0 radical (unpaired) electrons. The lowest BCUT2D eigenvalue weighted by atomic mass is 10.1. The third kappa shape index (κ3) is 4.80. The monoisotopic (exact) mass is 290 g/mol. The Hall–Kier alpha value is -0.840. The quantitative estimate of drug-likeness (QED) is 0.625. The molecule has 0 saturated carbocycles. The van der Waals surface area contributed by atoms with E-state index in [4.69, 9.17) is 28.3 Å². The number of aliphatic hydroxyl groups is 1. The Morgan fingerprint density at radius 1 is 1.56 bits per heavy atom. The van der Waals surface area contributed by atoms with E-state index in [1.54, 1.807) is 0 Å². The van der Waals surface area contributed by atoms with Crippen molar-refractivity contribution in [3.8, 4) is 0 Å². The van der Waals surface area contributed by atoms with E-state index >= 15 is 0 Å². The number of carbonyl (C=O) groups excluding carboxylic acids is 1. The maximum Gasteiger partial charge on any atom is 0.252 e. The molecule has 1 amide bonds. The first-order valence-corrected chi connectivity index (χ1v) is 6.50. The highest BCUT2D eigenvalue weighted by Gasteiger charge is 2.11. The van der Waals surface area contributed by atoms with Crippen LogP contribution in [0, 0.1) is 5.92 Å². The second kappa shape index (κ2) is 7.56. The van der Waals surface area contributed by atoms with Crippen molar-refractivity contribution >= 4 is 29.1 Å². The summed E-state index contributed by atoms with van der Waals surface area (Å²) in [5.74, 6) is -0.0122. The number of carbonyl (C=O) groups is 1. The number of amides is 1. The van der Waals surface area contributed by atoms with Crippen molar-refractivity contribution in [2.45, 2.75) is 19.8 Å². The highest BCUT2D eigenvalue weighted by Crippen LogP contribution is 2.17. The molecule has 1 heterocycles. The van der Waals surface area contributed by atoms with E-state index < -0.39 is 0 Å². The minimum Gasteiger partial charge on any atom is -0.396 e. The van der Waals surface area contributed by atoms with Crippen molar-refractivity contribution in [1.82, 2.24) is 10.3 Å². The van der Waals surface area contributed by atoms with Crippen molar-refractivity contribution in [3.63, 3.8) is 0 Å². The van der Waals surface area contributed by atoms with Gasteiger partial charge in [-0.2, -0.15) is 0 Å². The van der Waals surface area contributed by atoms with E-state index in [9.17, 15) is 4.79 Å². The number of nitrogens with zero attached hydrogens (tertiary/aromatic N) is 1. The van der Waals surface area contributed by atoms with Crippen LogP contribution in [0.2, 0.25) is 10.2 Å². The van der Waals surface area contributed by atoms with Gasteiger partial charge in [0.05, 0.1) is 10.6 Å². The summed E-state index contributed by atoms with van der Waals surface area (Å²) in [6, 6.07) is 1.44. The normalized spacial score (nSPS) is 12.2. The summed E-state index contributed by atoms with van der Waals surface area (Å²) in [6.45, 7) is 2.67. The number of hydrogen-bond acceptors (Lipinski definition) is 3. The summed E-state index contributed by atoms with van der Waals surface area (Å²) in [5, 5.41) is 12.1. The molecule has 100 valence electrons. The highest BCUT2D eigenvalue weighted by atomic mass is 35.5. The maximum absolute atomic E-state index is 11.8. The molecule has 18 heavy (non-hydrogen) atoms. The van der Waals surface area contributed by atoms with Crippen LogP contribution < -0.4 is 5.32 Å². The molecule has 0 fully saturated rings. The van der Waals surface area contributed by atoms with Gasteiger partial charge in [0.15, 0.2) is 0 Å². The zero-order chi connectivity index (χ0) is 13.5. The fourth-order valence-electron chi connectivity index (χ4n) is 1.43. The Balaban J connectivity index is 2.43. The van der Waals surface area contributed by atoms with Gasteiger partial charge < -0.3 is 10.4 Å². The summed E-state index contributed by atoms with van der Waals surface area (Å²) in [6.07, 6.45) is 3.03. The molecule has 4 nitrogen and oxygen atoms in total. The molecule has 1 rings (SSSR count). The first-order valence-electron chi connectivity index (χ1n) is 5.74. The van der Waals surface area contributed by atoms with Gasteiger partial charge in [0.1, 0.15) is 5.15 Å². The Bertz CT molecular complexity index is 413. The lowest BCUT2D eigenvalue weighted by molar-refractivity contribution is 0.0952. The van der Waals surface area contributed by atoms with Crippen molar-refractivity contribution in [2.24, 2.45) is 5.92 Å². The molecule has 1 atom stereocenters. The molecule has 0 saturated heterocycles. The van der Waals surface area contributed by atoms with Crippen LogP contribution in [0.5, 0.6) is 0 Å². The molecule has 1 aromatic rings. The van der Waals surface area contributed by atoms with E-state index in [2.05, 4.69) is 10.3 Å². The van der Waals surface area contributed by atoms with Gasteiger partial charge in [-0.1, -0.05) is 30.1 Å². The van der Waals surface area contributed by atoms with Gasteiger partial charge in [0.2, 0.25) is 0 Å². The van der Waals surface area contributed by atoms with Gasteiger partial charge in [-0.3, -0.25) is 4.79 Å². The Morgan fingerprint density at radius 3 is 2.94 bits per heavy atom. The topological polar surface area (TPSA) is 62.2 Å². The van der Waals surface area contributed by atoms with Crippen molar-refractivity contribution in [2.75, 3.05) is 13.2 Å². The fourth-order valence-corrected chi connectivity index (χ4v) is 1.77. The summed E-state index contributed by atoms with van der Waals surface area (Å²) in [7, 11) is 0. The van der Waals surface area contributed by atoms with Crippen molar-refractivity contribution in [3.05, 3.63) is 28.0 Å². The second-order valence-electron chi connectivity index (χ2n) is 4.17. The molecule has 0 bridgehead atoms. The first-order chi connectivity index (χ1) is 8.54. The maximum atomic E-state index is 11.8. The molecule has 6 heteroatoms. The van der Waals surface area contributed by atoms with E-state index in [1.807, 2.05) is 6.92 Å². The minimum absolute atomic E-state index is 0.166. The van der Waals surface area contributed by atoms with E-state index in [1.165, 1.54) is 12.3 Å². The molecule has 1 aromatic heterocycles. The van der Waals surface area contributed by atoms with Crippen LogP contribution in [-0.2, 0) is 0 Å². The van der Waals surface area contributed by atoms with Gasteiger partial charge in [0, 0.05) is 19.3 Å². The lowest BCUT2D eigenvalue weighted by Crippen LogP contribution is -2.25. The fraction of sp³-hybridized carbons (Fsp3) is 0.500. The van der Waals surface area contributed by atoms with E-state index in [0.717, 1.165) is 12.8 Å². The third-order valence-corrected chi connectivity index (χ3v) is 3.05. The molecular formula is C12H16Cl2N2O2. The molecule has 0 aliphatic rings.